The molecule has 0 aliphatic carbocycles. The zero-order valence-electron chi connectivity index (χ0n) is 13.1. The first-order valence-electron chi connectivity index (χ1n) is 7.20. The first kappa shape index (κ1) is 18.7. The fourth-order valence-electron chi connectivity index (χ4n) is 2.11. The van der Waals surface area contributed by atoms with Gasteiger partial charge in [-0.1, -0.05) is 47.0 Å². The fourth-order valence-corrected chi connectivity index (χ4v) is 6.54. The first-order chi connectivity index (χ1) is 11.9. The van der Waals surface area contributed by atoms with E-state index in [4.69, 9.17) is 23.2 Å². The second-order valence-electron chi connectivity index (χ2n) is 5.29. The van der Waals surface area contributed by atoms with E-state index in [0.717, 1.165) is 11.1 Å². The van der Waals surface area contributed by atoms with Crippen molar-refractivity contribution in [2.24, 2.45) is 0 Å². The Morgan fingerprint density at radius 1 is 1.12 bits per heavy atom. The minimum atomic E-state index is -3.64. The van der Waals surface area contributed by atoms with Crippen LogP contribution in [0.2, 0.25) is 10.0 Å². The lowest BCUT2D eigenvalue weighted by atomic mass is 10.2. The number of hydrogen-bond donors (Lipinski definition) is 0. The molecular weight excluding hydrogens is 417 g/mol. The van der Waals surface area contributed by atoms with Gasteiger partial charge in [0.05, 0.1) is 14.6 Å². The summed E-state index contributed by atoms with van der Waals surface area (Å²) in [7, 11) is -3.64. The normalized spacial score (nSPS) is 11.6. The molecule has 3 nitrogen and oxygen atoms in total. The van der Waals surface area contributed by atoms with Crippen molar-refractivity contribution in [1.82, 2.24) is 4.98 Å². The number of thioether (sulfide) groups is 1. The molecule has 130 valence electrons. The molecule has 3 rings (SSSR count). The van der Waals surface area contributed by atoms with Gasteiger partial charge in [-0.3, -0.25) is 0 Å². The van der Waals surface area contributed by atoms with Crippen molar-refractivity contribution >= 4 is 56.1 Å². The zero-order valence-corrected chi connectivity index (χ0v) is 17.0. The third-order valence-corrected chi connectivity index (χ3v) is 8.19. The Kier molecular flexibility index (Phi) is 5.75. The van der Waals surface area contributed by atoms with E-state index < -0.39 is 9.84 Å². The van der Waals surface area contributed by atoms with E-state index in [1.54, 1.807) is 41.9 Å². The Bertz CT molecular complexity index is 999. The lowest BCUT2D eigenvalue weighted by Crippen LogP contribution is -2.03. The zero-order chi connectivity index (χ0) is 18.0. The number of aryl methyl sites for hydroxylation is 1. The van der Waals surface area contributed by atoms with Crippen LogP contribution >= 0.6 is 46.3 Å². The molecule has 1 heterocycles. The highest BCUT2D eigenvalue weighted by molar-refractivity contribution is 8.01. The van der Waals surface area contributed by atoms with Gasteiger partial charge in [0.2, 0.25) is 9.84 Å². The standard InChI is InChI=1S/C17H13Cl2NO2S3/c1-11-2-6-14(7-3-11)25(21,22)16-17(24-10-20-16)23-9-12-4-5-13(18)8-15(12)19/h2-8,10H,9H2,1H3. The molecule has 0 fully saturated rings. The van der Waals surface area contributed by atoms with Crippen molar-refractivity contribution in [3.8, 4) is 0 Å². The van der Waals surface area contributed by atoms with Crippen LogP contribution in [0.3, 0.4) is 0 Å². The van der Waals surface area contributed by atoms with Crippen LogP contribution < -0.4 is 0 Å². The van der Waals surface area contributed by atoms with E-state index in [9.17, 15) is 8.42 Å². The highest BCUT2D eigenvalue weighted by Crippen LogP contribution is 2.36. The minimum absolute atomic E-state index is 0.0939. The number of aromatic nitrogens is 1. The van der Waals surface area contributed by atoms with Gasteiger partial charge < -0.3 is 0 Å². The van der Waals surface area contributed by atoms with Crippen molar-refractivity contribution in [2.75, 3.05) is 0 Å². The fraction of sp³-hybridized carbons (Fsp3) is 0.118. The molecule has 0 amide bonds. The van der Waals surface area contributed by atoms with Gasteiger partial charge in [0, 0.05) is 15.8 Å². The number of sulfone groups is 1. The predicted molar refractivity (Wildman–Crippen MR) is 105 cm³/mol. The largest absolute Gasteiger partial charge is 0.232 e. The summed E-state index contributed by atoms with van der Waals surface area (Å²) in [6.45, 7) is 1.91. The Morgan fingerprint density at radius 3 is 2.52 bits per heavy atom. The number of nitrogens with zero attached hydrogens (tertiary/aromatic N) is 1. The molecule has 0 unspecified atom stereocenters. The molecule has 8 heteroatoms. The molecule has 0 aliphatic rings. The summed E-state index contributed by atoms with van der Waals surface area (Å²) in [5.41, 5.74) is 3.44. The third kappa shape index (κ3) is 4.20. The Hall–Kier alpha value is -1.05. The highest BCUT2D eigenvalue weighted by atomic mass is 35.5. The van der Waals surface area contributed by atoms with E-state index in [1.807, 2.05) is 13.0 Å². The summed E-state index contributed by atoms with van der Waals surface area (Å²) in [6, 6.07) is 12.0. The summed E-state index contributed by atoms with van der Waals surface area (Å²) >= 11 is 14.8. The number of rotatable bonds is 5. The van der Waals surface area contributed by atoms with Crippen LogP contribution in [0.25, 0.3) is 0 Å². The number of benzene rings is 2. The van der Waals surface area contributed by atoms with Crippen molar-refractivity contribution in [3.05, 3.63) is 69.1 Å². The minimum Gasteiger partial charge on any atom is -0.232 e. The molecule has 0 N–H and O–H groups in total. The van der Waals surface area contributed by atoms with E-state index in [0.29, 0.717) is 20.0 Å². The van der Waals surface area contributed by atoms with Crippen LogP contribution in [0, 0.1) is 6.92 Å². The molecule has 0 saturated carbocycles. The van der Waals surface area contributed by atoms with Crippen molar-refractivity contribution < 1.29 is 8.42 Å². The van der Waals surface area contributed by atoms with Gasteiger partial charge in [-0.2, -0.15) is 0 Å². The summed E-state index contributed by atoms with van der Waals surface area (Å²) in [4.78, 5) is 4.34. The molecule has 0 atom stereocenters. The monoisotopic (exact) mass is 429 g/mol. The number of hydrogen-bond acceptors (Lipinski definition) is 5. The maximum absolute atomic E-state index is 12.8. The van der Waals surface area contributed by atoms with Gasteiger partial charge in [-0.25, -0.2) is 13.4 Å². The molecule has 0 spiro atoms. The van der Waals surface area contributed by atoms with Gasteiger partial charge in [0.1, 0.15) is 0 Å². The predicted octanol–water partition coefficient (Wildman–Crippen LogP) is 5.88. The van der Waals surface area contributed by atoms with E-state index in [-0.39, 0.29) is 9.92 Å². The van der Waals surface area contributed by atoms with Crippen LogP contribution in [-0.4, -0.2) is 13.4 Å². The first-order valence-corrected chi connectivity index (χ1v) is 11.3. The summed E-state index contributed by atoms with van der Waals surface area (Å²) in [5, 5.41) is 1.23. The molecule has 3 aromatic rings. The van der Waals surface area contributed by atoms with Gasteiger partial charge >= 0.3 is 0 Å². The maximum atomic E-state index is 12.8. The van der Waals surface area contributed by atoms with Crippen LogP contribution in [0.5, 0.6) is 0 Å². The molecule has 2 aromatic carbocycles. The lowest BCUT2D eigenvalue weighted by molar-refractivity contribution is 0.591. The molecular formula is C17H13Cl2NO2S3. The van der Waals surface area contributed by atoms with E-state index in [2.05, 4.69) is 4.98 Å². The van der Waals surface area contributed by atoms with Crippen LogP contribution in [0.15, 0.2) is 62.1 Å². The molecule has 25 heavy (non-hydrogen) atoms. The van der Waals surface area contributed by atoms with Gasteiger partial charge in [-0.05, 0) is 36.8 Å². The van der Waals surface area contributed by atoms with Crippen molar-refractivity contribution in [1.29, 1.82) is 0 Å². The third-order valence-electron chi connectivity index (χ3n) is 3.46. The summed E-state index contributed by atoms with van der Waals surface area (Å²) in [6.07, 6.45) is 0. The van der Waals surface area contributed by atoms with Gasteiger partial charge in [0.25, 0.3) is 0 Å². The Balaban J connectivity index is 1.86. The van der Waals surface area contributed by atoms with Crippen LogP contribution in [-0.2, 0) is 15.6 Å². The van der Waals surface area contributed by atoms with Crippen molar-refractivity contribution in [2.45, 2.75) is 26.8 Å². The van der Waals surface area contributed by atoms with Crippen LogP contribution in [0.4, 0.5) is 0 Å². The molecule has 0 saturated heterocycles. The molecule has 0 radical (unpaired) electrons. The molecule has 1 aromatic heterocycles. The van der Waals surface area contributed by atoms with E-state index in [1.165, 1.54) is 23.1 Å². The highest BCUT2D eigenvalue weighted by Gasteiger charge is 2.24. The Morgan fingerprint density at radius 2 is 1.84 bits per heavy atom. The number of thiazole rings is 1. The second-order valence-corrected chi connectivity index (χ2v) is 10.1. The molecule has 0 aliphatic heterocycles. The second kappa shape index (κ2) is 7.68. The van der Waals surface area contributed by atoms with Gasteiger partial charge in [-0.15, -0.1) is 23.1 Å². The van der Waals surface area contributed by atoms with Crippen LogP contribution in [0.1, 0.15) is 11.1 Å². The summed E-state index contributed by atoms with van der Waals surface area (Å²) in [5.74, 6) is 0.536. The van der Waals surface area contributed by atoms with Gasteiger partial charge in [0.15, 0.2) is 5.03 Å². The topological polar surface area (TPSA) is 47.0 Å². The average molecular weight is 430 g/mol. The summed E-state index contributed by atoms with van der Waals surface area (Å²) < 4.78 is 26.3. The SMILES string of the molecule is Cc1ccc(S(=O)(=O)c2ncsc2SCc2ccc(Cl)cc2Cl)cc1. The van der Waals surface area contributed by atoms with E-state index >= 15 is 0 Å². The molecule has 0 bridgehead atoms. The maximum Gasteiger partial charge on any atom is 0.225 e. The number of halogens is 2. The quantitative estimate of drug-likeness (QED) is 0.474. The Labute approximate surface area is 164 Å². The lowest BCUT2D eigenvalue weighted by Gasteiger charge is -2.06. The smallest absolute Gasteiger partial charge is 0.225 e. The average Bonchev–Trinajstić information content (AvgIpc) is 3.04. The van der Waals surface area contributed by atoms with Crippen molar-refractivity contribution in [3.63, 3.8) is 0 Å².